The summed E-state index contributed by atoms with van der Waals surface area (Å²) in [4.78, 5) is 0.172. The topological polar surface area (TPSA) is 92.3 Å². The van der Waals surface area contributed by atoms with Gasteiger partial charge < -0.3 is 0 Å². The minimum atomic E-state index is -3.79. The molecule has 8 heteroatoms. The van der Waals surface area contributed by atoms with Crippen LogP contribution in [-0.2, 0) is 20.0 Å². The van der Waals surface area contributed by atoms with E-state index < -0.39 is 20.0 Å². The first-order valence-electron chi connectivity index (χ1n) is 8.42. The summed E-state index contributed by atoms with van der Waals surface area (Å²) in [5.74, 6) is 0.306. The van der Waals surface area contributed by atoms with Crippen molar-refractivity contribution in [1.29, 1.82) is 0 Å². The van der Waals surface area contributed by atoms with E-state index in [-0.39, 0.29) is 21.5 Å². The third-order valence-electron chi connectivity index (χ3n) is 4.15. The molecule has 1 fully saturated rings. The number of rotatable bonds is 7. The Balaban J connectivity index is 1.82. The van der Waals surface area contributed by atoms with E-state index in [2.05, 4.69) is 9.44 Å². The number of anilines is 1. The van der Waals surface area contributed by atoms with Crippen LogP contribution >= 0.6 is 0 Å². The van der Waals surface area contributed by atoms with E-state index in [9.17, 15) is 16.8 Å². The molecule has 0 bridgehead atoms. The molecule has 0 radical (unpaired) electrons. The minimum absolute atomic E-state index is 0.0141. The zero-order valence-corrected chi connectivity index (χ0v) is 16.3. The predicted molar refractivity (Wildman–Crippen MR) is 101 cm³/mol. The summed E-state index contributed by atoms with van der Waals surface area (Å²) in [6.07, 6.45) is 1.66. The van der Waals surface area contributed by atoms with Crippen molar-refractivity contribution in [3.63, 3.8) is 0 Å². The van der Waals surface area contributed by atoms with Crippen LogP contribution in [0.3, 0.4) is 0 Å². The highest BCUT2D eigenvalue weighted by Crippen LogP contribution is 2.24. The average molecular weight is 395 g/mol. The minimum Gasteiger partial charge on any atom is -0.280 e. The van der Waals surface area contributed by atoms with Gasteiger partial charge in [-0.1, -0.05) is 32.0 Å². The molecule has 2 aromatic rings. The van der Waals surface area contributed by atoms with Crippen molar-refractivity contribution < 1.29 is 16.8 Å². The zero-order chi connectivity index (χ0) is 18.9. The van der Waals surface area contributed by atoms with Crippen LogP contribution in [0.15, 0.2) is 58.3 Å². The Hall–Kier alpha value is -1.90. The fraction of sp³-hybridized carbons (Fsp3) is 0.333. The lowest BCUT2D eigenvalue weighted by atomic mass is 10.0. The Morgan fingerprint density at radius 2 is 1.54 bits per heavy atom. The van der Waals surface area contributed by atoms with Crippen molar-refractivity contribution in [2.24, 2.45) is 0 Å². The predicted octanol–water partition coefficient (Wildman–Crippen LogP) is 3.05. The summed E-state index contributed by atoms with van der Waals surface area (Å²) in [5.41, 5.74) is 1.25. The Labute approximate surface area is 154 Å². The van der Waals surface area contributed by atoms with Crippen LogP contribution in [0, 0.1) is 0 Å². The molecule has 0 heterocycles. The molecule has 0 spiro atoms. The molecule has 0 aliphatic heterocycles. The van der Waals surface area contributed by atoms with Crippen molar-refractivity contribution in [2.75, 3.05) is 4.72 Å². The largest absolute Gasteiger partial charge is 0.280 e. The maximum absolute atomic E-state index is 12.6. The van der Waals surface area contributed by atoms with Gasteiger partial charge in [-0.3, -0.25) is 4.72 Å². The van der Waals surface area contributed by atoms with Crippen LogP contribution in [0.25, 0.3) is 0 Å². The van der Waals surface area contributed by atoms with Gasteiger partial charge >= 0.3 is 0 Å². The average Bonchev–Trinajstić information content (AvgIpc) is 3.38. The zero-order valence-electron chi connectivity index (χ0n) is 14.6. The lowest BCUT2D eigenvalue weighted by molar-refractivity contribution is 0.581. The Morgan fingerprint density at radius 3 is 2.12 bits per heavy atom. The molecule has 2 aromatic carbocycles. The van der Waals surface area contributed by atoms with E-state index in [0.717, 1.165) is 18.4 Å². The summed E-state index contributed by atoms with van der Waals surface area (Å²) in [6, 6.07) is 12.4. The van der Waals surface area contributed by atoms with Crippen molar-refractivity contribution in [3.8, 4) is 0 Å². The van der Waals surface area contributed by atoms with Crippen LogP contribution in [0.1, 0.15) is 38.2 Å². The molecular formula is C18H22N2O4S2. The van der Waals surface area contributed by atoms with Crippen molar-refractivity contribution in [1.82, 2.24) is 4.72 Å². The van der Waals surface area contributed by atoms with Crippen molar-refractivity contribution in [3.05, 3.63) is 54.1 Å². The van der Waals surface area contributed by atoms with E-state index >= 15 is 0 Å². The third-order valence-corrected chi connectivity index (χ3v) is 7.07. The first kappa shape index (κ1) is 18.9. The highest BCUT2D eigenvalue weighted by molar-refractivity contribution is 7.92. The standard InChI is InChI=1S/C18H22N2O4S2/c1-13(2)14-6-10-17(11-7-14)25(21,22)20-16-4-3-5-18(12-16)26(23,24)19-15-8-9-15/h3-7,10-13,15,19-20H,8-9H2,1-2H3. The molecule has 0 saturated heterocycles. The molecule has 6 nitrogen and oxygen atoms in total. The van der Waals surface area contributed by atoms with Gasteiger partial charge in [0.25, 0.3) is 10.0 Å². The van der Waals surface area contributed by atoms with Gasteiger partial charge in [-0.2, -0.15) is 0 Å². The fourth-order valence-electron chi connectivity index (χ4n) is 2.46. The van der Waals surface area contributed by atoms with Gasteiger partial charge in [-0.15, -0.1) is 0 Å². The van der Waals surface area contributed by atoms with E-state index in [1.807, 2.05) is 13.8 Å². The van der Waals surface area contributed by atoms with E-state index in [4.69, 9.17) is 0 Å². The smallest absolute Gasteiger partial charge is 0.261 e. The Morgan fingerprint density at radius 1 is 0.885 bits per heavy atom. The second-order valence-corrected chi connectivity index (χ2v) is 10.1. The first-order valence-corrected chi connectivity index (χ1v) is 11.4. The second-order valence-electron chi connectivity index (χ2n) is 6.75. The lowest BCUT2D eigenvalue weighted by Gasteiger charge is -2.11. The van der Waals surface area contributed by atoms with Gasteiger partial charge in [-0.05, 0) is 54.7 Å². The molecule has 1 aliphatic carbocycles. The Kier molecular flexibility index (Phi) is 5.09. The van der Waals surface area contributed by atoms with Gasteiger partial charge in [0.2, 0.25) is 10.0 Å². The van der Waals surface area contributed by atoms with Crippen LogP contribution in [0.5, 0.6) is 0 Å². The molecule has 3 rings (SSSR count). The van der Waals surface area contributed by atoms with Gasteiger partial charge in [0.05, 0.1) is 15.5 Å². The lowest BCUT2D eigenvalue weighted by Crippen LogP contribution is -2.25. The van der Waals surface area contributed by atoms with Crippen LogP contribution in [-0.4, -0.2) is 22.9 Å². The molecule has 0 atom stereocenters. The fourth-order valence-corrected chi connectivity index (χ4v) is 4.86. The van der Waals surface area contributed by atoms with E-state index in [1.54, 1.807) is 24.3 Å². The Bertz CT molecular complexity index is 994. The number of hydrogen-bond donors (Lipinski definition) is 2. The summed E-state index contributed by atoms with van der Waals surface area (Å²) in [7, 11) is -7.43. The maximum atomic E-state index is 12.6. The van der Waals surface area contributed by atoms with Crippen LogP contribution < -0.4 is 9.44 Å². The third kappa shape index (κ3) is 4.44. The summed E-state index contributed by atoms with van der Waals surface area (Å²) in [6.45, 7) is 4.06. The summed E-state index contributed by atoms with van der Waals surface area (Å²) >= 11 is 0. The number of benzene rings is 2. The number of nitrogens with one attached hydrogen (secondary N) is 2. The van der Waals surface area contributed by atoms with Crippen molar-refractivity contribution >= 4 is 25.7 Å². The van der Waals surface area contributed by atoms with E-state index in [0.29, 0.717) is 5.92 Å². The summed E-state index contributed by atoms with van der Waals surface area (Å²) in [5, 5.41) is 0. The highest BCUT2D eigenvalue weighted by Gasteiger charge is 2.28. The molecule has 0 unspecified atom stereocenters. The molecule has 1 saturated carbocycles. The molecule has 1 aliphatic rings. The van der Waals surface area contributed by atoms with Crippen molar-refractivity contribution in [2.45, 2.75) is 48.4 Å². The van der Waals surface area contributed by atoms with Gasteiger partial charge in [0.1, 0.15) is 0 Å². The number of hydrogen-bond acceptors (Lipinski definition) is 4. The van der Waals surface area contributed by atoms with Crippen LogP contribution in [0.2, 0.25) is 0 Å². The molecule has 2 N–H and O–H groups in total. The van der Waals surface area contributed by atoms with Gasteiger partial charge in [0.15, 0.2) is 0 Å². The molecule has 140 valence electrons. The highest BCUT2D eigenvalue weighted by atomic mass is 32.2. The maximum Gasteiger partial charge on any atom is 0.261 e. The van der Waals surface area contributed by atoms with E-state index in [1.165, 1.54) is 24.3 Å². The van der Waals surface area contributed by atoms with Gasteiger partial charge in [0, 0.05) is 6.04 Å². The monoisotopic (exact) mass is 394 g/mol. The first-order chi connectivity index (χ1) is 12.2. The normalized spacial score (nSPS) is 15.2. The van der Waals surface area contributed by atoms with Gasteiger partial charge in [-0.25, -0.2) is 21.6 Å². The molecule has 0 aromatic heterocycles. The quantitative estimate of drug-likeness (QED) is 0.755. The SMILES string of the molecule is CC(C)c1ccc(S(=O)(=O)Nc2cccc(S(=O)(=O)NC3CC3)c2)cc1. The molecule has 0 amide bonds. The van der Waals surface area contributed by atoms with Crippen LogP contribution in [0.4, 0.5) is 5.69 Å². The second kappa shape index (κ2) is 7.02. The molecular weight excluding hydrogens is 372 g/mol. The summed E-state index contributed by atoms with van der Waals surface area (Å²) < 4.78 is 54.7. The number of sulfonamides is 2. The molecule has 26 heavy (non-hydrogen) atoms.